The van der Waals surface area contributed by atoms with E-state index in [1.807, 2.05) is 48.5 Å². The Hall–Kier alpha value is -4.20. The molecular weight excluding hydrogens is 464 g/mol. The highest BCUT2D eigenvalue weighted by molar-refractivity contribution is 6.24. The summed E-state index contributed by atoms with van der Waals surface area (Å²) in [6.45, 7) is 4.90. The van der Waals surface area contributed by atoms with E-state index in [4.69, 9.17) is 18.9 Å². The minimum absolute atomic E-state index is 0.511. The predicted molar refractivity (Wildman–Crippen MR) is 130 cm³/mol. The first-order valence-corrected chi connectivity index (χ1v) is 11.5. The van der Waals surface area contributed by atoms with Gasteiger partial charge in [0, 0.05) is 38.8 Å². The van der Waals surface area contributed by atoms with Crippen molar-refractivity contribution in [2.45, 2.75) is 52.1 Å². The lowest BCUT2D eigenvalue weighted by molar-refractivity contribution is -0.204. The van der Waals surface area contributed by atoms with Crippen LogP contribution < -0.4 is 0 Å². The third-order valence-electron chi connectivity index (χ3n) is 6.42. The minimum atomic E-state index is -1.24. The van der Waals surface area contributed by atoms with Gasteiger partial charge in [0.2, 0.25) is 0 Å². The summed E-state index contributed by atoms with van der Waals surface area (Å²) in [5, 5.41) is 5.68. The Kier molecular flexibility index (Phi) is 5.74. The Morgan fingerprint density at radius 2 is 1.08 bits per heavy atom. The molecule has 184 valence electrons. The summed E-state index contributed by atoms with van der Waals surface area (Å²) in [5.74, 6) is -2.56. The van der Waals surface area contributed by atoms with E-state index < -0.39 is 48.3 Å². The highest BCUT2D eigenvalue weighted by atomic mass is 16.6. The molecule has 0 N–H and O–H groups in total. The number of rotatable bonds is 4. The quantitative estimate of drug-likeness (QED) is 0.232. The molecule has 0 unspecified atom stereocenters. The van der Waals surface area contributed by atoms with E-state index in [9.17, 15) is 19.2 Å². The molecule has 1 aliphatic carbocycles. The van der Waals surface area contributed by atoms with Gasteiger partial charge >= 0.3 is 23.9 Å². The number of carbonyl (C=O) groups excluding carboxylic acids is 4. The first-order valence-electron chi connectivity index (χ1n) is 11.5. The first kappa shape index (κ1) is 23.5. The molecular formula is C28H24O8. The molecule has 0 radical (unpaired) electrons. The van der Waals surface area contributed by atoms with E-state index in [1.165, 1.54) is 27.7 Å². The van der Waals surface area contributed by atoms with Crippen LogP contribution in [0.4, 0.5) is 0 Å². The summed E-state index contributed by atoms with van der Waals surface area (Å²) in [6, 6.07) is 15.7. The van der Waals surface area contributed by atoms with Crippen LogP contribution >= 0.6 is 0 Å². The average Bonchev–Trinajstić information content (AvgIpc) is 2.80. The Morgan fingerprint density at radius 3 is 1.67 bits per heavy atom. The van der Waals surface area contributed by atoms with Crippen molar-refractivity contribution < 1.29 is 38.1 Å². The summed E-state index contributed by atoms with van der Waals surface area (Å²) in [7, 11) is 0. The van der Waals surface area contributed by atoms with Gasteiger partial charge in [0.25, 0.3) is 0 Å². The van der Waals surface area contributed by atoms with Gasteiger partial charge in [-0.2, -0.15) is 0 Å². The van der Waals surface area contributed by atoms with Crippen LogP contribution in [0.15, 0.2) is 48.5 Å². The van der Waals surface area contributed by atoms with E-state index in [-0.39, 0.29) is 0 Å². The molecule has 0 aliphatic heterocycles. The Bertz CT molecular complexity index is 1520. The summed E-state index contributed by atoms with van der Waals surface area (Å²) < 4.78 is 22.6. The number of carbonyl (C=O) groups is 4. The molecule has 5 rings (SSSR count). The van der Waals surface area contributed by atoms with E-state index in [2.05, 4.69) is 0 Å². The van der Waals surface area contributed by atoms with Crippen molar-refractivity contribution in [2.24, 2.45) is 0 Å². The van der Waals surface area contributed by atoms with Crippen LogP contribution in [0.1, 0.15) is 51.0 Å². The second-order valence-corrected chi connectivity index (χ2v) is 8.94. The van der Waals surface area contributed by atoms with Crippen molar-refractivity contribution in [1.29, 1.82) is 0 Å². The van der Waals surface area contributed by atoms with E-state index in [0.29, 0.717) is 11.1 Å². The fourth-order valence-corrected chi connectivity index (χ4v) is 5.35. The number of esters is 4. The molecule has 0 bridgehead atoms. The zero-order chi connectivity index (χ0) is 25.7. The van der Waals surface area contributed by atoms with Crippen molar-refractivity contribution >= 4 is 56.2 Å². The predicted octanol–water partition coefficient (Wildman–Crippen LogP) is 4.67. The van der Waals surface area contributed by atoms with Gasteiger partial charge in [-0.05, 0) is 38.4 Å². The second-order valence-electron chi connectivity index (χ2n) is 8.94. The Balaban J connectivity index is 1.89. The zero-order valence-electron chi connectivity index (χ0n) is 20.2. The molecule has 0 amide bonds. The fraction of sp³-hybridized carbons (Fsp3) is 0.286. The molecule has 4 atom stereocenters. The molecule has 0 spiro atoms. The van der Waals surface area contributed by atoms with Crippen LogP contribution in [-0.2, 0) is 38.1 Å². The molecule has 8 nitrogen and oxygen atoms in total. The summed E-state index contributed by atoms with van der Waals surface area (Å²) in [5.41, 5.74) is 1.05. The minimum Gasteiger partial charge on any atom is -0.454 e. The molecule has 0 fully saturated rings. The van der Waals surface area contributed by atoms with Crippen LogP contribution in [0, 0.1) is 0 Å². The van der Waals surface area contributed by atoms with Gasteiger partial charge in [0.1, 0.15) is 0 Å². The zero-order valence-corrected chi connectivity index (χ0v) is 20.2. The SMILES string of the molecule is CC(=O)O[C@@H]1[C@@H](OC(C)=O)[C@@H](OC(C)=O)c2c(cc3ccc4cccc5ccc2c3c45)[C@H]1OC(C)=O. The standard InChI is InChI=1S/C28H24O8/c1-13(29)33-25-21-12-19-9-8-17-6-5-7-18-10-11-20(23(19)22(17)18)24(21)26(34-14(2)30)28(36-16(4)32)27(25)35-15(3)31/h5-12,25-28H,1-4H3/t25-,26+,27+,28+/m1/s1. The van der Waals surface area contributed by atoms with Gasteiger partial charge in [-0.1, -0.05) is 42.5 Å². The number of hydrogen-bond donors (Lipinski definition) is 0. The summed E-state index contributed by atoms with van der Waals surface area (Å²) >= 11 is 0. The van der Waals surface area contributed by atoms with Crippen molar-refractivity contribution in [3.63, 3.8) is 0 Å². The van der Waals surface area contributed by atoms with Gasteiger partial charge in [-0.15, -0.1) is 0 Å². The third kappa shape index (κ3) is 3.88. The highest BCUT2D eigenvalue weighted by Gasteiger charge is 2.51. The smallest absolute Gasteiger partial charge is 0.303 e. The maximum atomic E-state index is 12.3. The second kappa shape index (κ2) is 8.78. The van der Waals surface area contributed by atoms with Crippen LogP contribution in [-0.4, -0.2) is 36.1 Å². The summed E-state index contributed by atoms with van der Waals surface area (Å²) in [4.78, 5) is 48.7. The van der Waals surface area contributed by atoms with Gasteiger partial charge in [0.05, 0.1) is 0 Å². The molecule has 0 aromatic heterocycles. The Morgan fingerprint density at radius 1 is 0.583 bits per heavy atom. The fourth-order valence-electron chi connectivity index (χ4n) is 5.35. The summed E-state index contributed by atoms with van der Waals surface area (Å²) in [6.07, 6.45) is -4.69. The lowest BCUT2D eigenvalue weighted by Crippen LogP contribution is -2.48. The van der Waals surface area contributed by atoms with Crippen molar-refractivity contribution in [3.8, 4) is 0 Å². The molecule has 1 aliphatic rings. The van der Waals surface area contributed by atoms with Crippen LogP contribution in [0.2, 0.25) is 0 Å². The van der Waals surface area contributed by atoms with Crippen molar-refractivity contribution in [2.75, 3.05) is 0 Å². The van der Waals surface area contributed by atoms with Crippen molar-refractivity contribution in [3.05, 3.63) is 59.7 Å². The van der Waals surface area contributed by atoms with E-state index in [1.54, 1.807) is 0 Å². The number of hydrogen-bond acceptors (Lipinski definition) is 8. The monoisotopic (exact) mass is 488 g/mol. The molecule has 0 heterocycles. The molecule has 4 aromatic rings. The van der Waals surface area contributed by atoms with Gasteiger partial charge in [0.15, 0.2) is 24.4 Å². The van der Waals surface area contributed by atoms with Crippen LogP contribution in [0.5, 0.6) is 0 Å². The maximum Gasteiger partial charge on any atom is 0.303 e. The number of ether oxygens (including phenoxy) is 4. The molecule has 0 saturated carbocycles. The van der Waals surface area contributed by atoms with E-state index >= 15 is 0 Å². The normalized spacial score (nSPS) is 21.2. The Labute approximate surface area is 206 Å². The topological polar surface area (TPSA) is 105 Å². The lowest BCUT2D eigenvalue weighted by Gasteiger charge is -2.42. The highest BCUT2D eigenvalue weighted by Crippen LogP contribution is 2.49. The van der Waals surface area contributed by atoms with Gasteiger partial charge in [-0.3, -0.25) is 19.2 Å². The molecule has 0 saturated heterocycles. The van der Waals surface area contributed by atoms with Gasteiger partial charge in [-0.25, -0.2) is 0 Å². The largest absolute Gasteiger partial charge is 0.454 e. The van der Waals surface area contributed by atoms with Crippen LogP contribution in [0.3, 0.4) is 0 Å². The first-order chi connectivity index (χ1) is 17.2. The molecule has 8 heteroatoms. The maximum absolute atomic E-state index is 12.3. The number of benzene rings is 4. The average molecular weight is 488 g/mol. The molecule has 36 heavy (non-hydrogen) atoms. The number of fused-ring (bicyclic) bond motifs is 2. The lowest BCUT2D eigenvalue weighted by atomic mass is 9.78. The van der Waals surface area contributed by atoms with Crippen LogP contribution in [0.25, 0.3) is 32.3 Å². The van der Waals surface area contributed by atoms with Crippen molar-refractivity contribution in [1.82, 2.24) is 0 Å². The third-order valence-corrected chi connectivity index (χ3v) is 6.42. The molecule has 4 aromatic carbocycles. The van der Waals surface area contributed by atoms with Gasteiger partial charge < -0.3 is 18.9 Å². The van der Waals surface area contributed by atoms with E-state index in [0.717, 1.165) is 32.3 Å².